The van der Waals surface area contributed by atoms with Gasteiger partial charge in [-0.1, -0.05) is 0 Å². The standard InChI is InChI=1S/C6H8N2O2.ClH/c1-8-4(6(9)10)2-3-5(8)7;/h2-3H,7H2,1H3,(H,9,10);1H. The van der Waals surface area contributed by atoms with Gasteiger partial charge in [-0.05, 0) is 12.1 Å². The lowest BCUT2D eigenvalue weighted by atomic mass is 10.4. The maximum Gasteiger partial charge on any atom is 0.352 e. The summed E-state index contributed by atoms with van der Waals surface area (Å²) in [6.45, 7) is 0. The number of carboxylic acid groups (broad SMARTS) is 1. The Labute approximate surface area is 70.0 Å². The second kappa shape index (κ2) is 3.30. The van der Waals surface area contributed by atoms with Gasteiger partial charge in [-0.2, -0.15) is 0 Å². The van der Waals surface area contributed by atoms with Gasteiger partial charge in [-0.15, -0.1) is 12.4 Å². The molecule has 1 heterocycles. The molecule has 0 fully saturated rings. The first-order valence-corrected chi connectivity index (χ1v) is 2.77. The number of anilines is 1. The van der Waals surface area contributed by atoms with Crippen molar-refractivity contribution in [3.05, 3.63) is 17.8 Å². The van der Waals surface area contributed by atoms with Crippen molar-refractivity contribution in [2.24, 2.45) is 7.05 Å². The number of nitrogen functional groups attached to an aromatic ring is 1. The zero-order valence-electron chi connectivity index (χ0n) is 5.94. The van der Waals surface area contributed by atoms with E-state index >= 15 is 0 Å². The molecule has 62 valence electrons. The highest BCUT2D eigenvalue weighted by molar-refractivity contribution is 5.86. The van der Waals surface area contributed by atoms with E-state index in [-0.39, 0.29) is 18.1 Å². The first-order valence-electron chi connectivity index (χ1n) is 2.77. The van der Waals surface area contributed by atoms with E-state index in [0.29, 0.717) is 5.82 Å². The van der Waals surface area contributed by atoms with Gasteiger partial charge < -0.3 is 15.4 Å². The molecule has 0 atom stereocenters. The molecule has 0 aromatic carbocycles. The number of carbonyl (C=O) groups is 1. The van der Waals surface area contributed by atoms with Crippen molar-refractivity contribution in [1.29, 1.82) is 0 Å². The summed E-state index contributed by atoms with van der Waals surface area (Å²) in [7, 11) is 1.61. The highest BCUT2D eigenvalue weighted by Crippen LogP contribution is 2.07. The molecule has 0 saturated heterocycles. The molecule has 0 aliphatic carbocycles. The van der Waals surface area contributed by atoms with Crippen LogP contribution in [0.15, 0.2) is 12.1 Å². The van der Waals surface area contributed by atoms with Gasteiger partial charge in [0.2, 0.25) is 0 Å². The molecule has 0 unspecified atom stereocenters. The number of aromatic carboxylic acids is 1. The van der Waals surface area contributed by atoms with Gasteiger partial charge in [0.15, 0.2) is 0 Å². The number of aromatic nitrogens is 1. The van der Waals surface area contributed by atoms with Crippen LogP contribution in [0.4, 0.5) is 5.82 Å². The summed E-state index contributed by atoms with van der Waals surface area (Å²) >= 11 is 0. The SMILES string of the molecule is Cl.Cn1c(N)ccc1C(=O)O. The number of rotatable bonds is 1. The lowest BCUT2D eigenvalue weighted by Gasteiger charge is -1.97. The third-order valence-corrected chi connectivity index (χ3v) is 1.38. The third kappa shape index (κ3) is 1.65. The predicted octanol–water partition coefficient (Wildman–Crippen LogP) is 0.727. The topological polar surface area (TPSA) is 68.2 Å². The number of hydrogen-bond acceptors (Lipinski definition) is 2. The molecule has 0 radical (unpaired) electrons. The summed E-state index contributed by atoms with van der Waals surface area (Å²) in [6, 6.07) is 3.03. The van der Waals surface area contributed by atoms with Crippen LogP contribution in [-0.2, 0) is 7.05 Å². The van der Waals surface area contributed by atoms with Crippen LogP contribution in [0.5, 0.6) is 0 Å². The van der Waals surface area contributed by atoms with E-state index in [0.717, 1.165) is 0 Å². The van der Waals surface area contributed by atoms with E-state index in [2.05, 4.69) is 0 Å². The van der Waals surface area contributed by atoms with Gasteiger partial charge >= 0.3 is 5.97 Å². The minimum atomic E-state index is -0.959. The molecular weight excluding hydrogens is 168 g/mol. The number of nitrogens with two attached hydrogens (primary N) is 1. The largest absolute Gasteiger partial charge is 0.477 e. The van der Waals surface area contributed by atoms with E-state index in [4.69, 9.17) is 10.8 Å². The summed E-state index contributed by atoms with van der Waals surface area (Å²) in [6.07, 6.45) is 0. The molecule has 0 aliphatic heterocycles. The van der Waals surface area contributed by atoms with Crippen LogP contribution < -0.4 is 5.73 Å². The smallest absolute Gasteiger partial charge is 0.352 e. The van der Waals surface area contributed by atoms with Crippen LogP contribution in [-0.4, -0.2) is 15.6 Å². The minimum absolute atomic E-state index is 0. The predicted molar refractivity (Wildman–Crippen MR) is 44.0 cm³/mol. The van der Waals surface area contributed by atoms with E-state index in [1.165, 1.54) is 10.6 Å². The molecule has 1 aromatic rings. The fourth-order valence-corrected chi connectivity index (χ4v) is 0.742. The minimum Gasteiger partial charge on any atom is -0.477 e. The van der Waals surface area contributed by atoms with Crippen LogP contribution in [0, 0.1) is 0 Å². The second-order valence-electron chi connectivity index (χ2n) is 2.01. The van der Waals surface area contributed by atoms with Crippen LogP contribution in [0.2, 0.25) is 0 Å². The Kier molecular flexibility index (Phi) is 2.95. The van der Waals surface area contributed by atoms with E-state index < -0.39 is 5.97 Å². The van der Waals surface area contributed by atoms with E-state index in [9.17, 15) is 4.79 Å². The van der Waals surface area contributed by atoms with Crippen molar-refractivity contribution < 1.29 is 9.90 Å². The van der Waals surface area contributed by atoms with Crippen molar-refractivity contribution in [3.8, 4) is 0 Å². The molecule has 0 saturated carbocycles. The molecule has 0 aliphatic rings. The van der Waals surface area contributed by atoms with Crippen LogP contribution in [0.25, 0.3) is 0 Å². The lowest BCUT2D eigenvalue weighted by Crippen LogP contribution is -2.06. The Morgan fingerprint density at radius 3 is 2.36 bits per heavy atom. The van der Waals surface area contributed by atoms with Gasteiger partial charge in [-0.25, -0.2) is 4.79 Å². The lowest BCUT2D eigenvalue weighted by molar-refractivity contribution is 0.0687. The van der Waals surface area contributed by atoms with Crippen LogP contribution in [0.3, 0.4) is 0 Å². The second-order valence-corrected chi connectivity index (χ2v) is 2.01. The molecule has 11 heavy (non-hydrogen) atoms. The van der Waals surface area contributed by atoms with Crippen LogP contribution >= 0.6 is 12.4 Å². The molecule has 0 spiro atoms. The number of halogens is 1. The Balaban J connectivity index is 0.000001000. The van der Waals surface area contributed by atoms with Gasteiger partial charge in [0, 0.05) is 7.05 Å². The molecule has 0 amide bonds. The first-order chi connectivity index (χ1) is 4.63. The average Bonchev–Trinajstić information content (AvgIpc) is 2.14. The van der Waals surface area contributed by atoms with E-state index in [1.54, 1.807) is 13.1 Å². The number of nitrogens with zero attached hydrogens (tertiary/aromatic N) is 1. The molecule has 1 rings (SSSR count). The fraction of sp³-hybridized carbons (Fsp3) is 0.167. The van der Waals surface area contributed by atoms with Crippen molar-refractivity contribution in [3.63, 3.8) is 0 Å². The third-order valence-electron chi connectivity index (χ3n) is 1.38. The summed E-state index contributed by atoms with van der Waals surface area (Å²) < 4.78 is 1.42. The molecule has 4 nitrogen and oxygen atoms in total. The quantitative estimate of drug-likeness (QED) is 0.663. The Bertz CT molecular complexity index is 270. The summed E-state index contributed by atoms with van der Waals surface area (Å²) in [5.41, 5.74) is 5.58. The summed E-state index contributed by atoms with van der Waals surface area (Å²) in [5.74, 6) is -0.503. The summed E-state index contributed by atoms with van der Waals surface area (Å²) in [4.78, 5) is 10.4. The van der Waals surface area contributed by atoms with Crippen molar-refractivity contribution >= 4 is 24.2 Å². The van der Waals surface area contributed by atoms with E-state index in [1.807, 2.05) is 0 Å². The monoisotopic (exact) mass is 176 g/mol. The number of carboxylic acids is 1. The normalized spacial score (nSPS) is 8.82. The zero-order valence-corrected chi connectivity index (χ0v) is 6.76. The van der Waals surface area contributed by atoms with Gasteiger partial charge in [0.1, 0.15) is 11.5 Å². The average molecular weight is 177 g/mol. The van der Waals surface area contributed by atoms with Gasteiger partial charge in [-0.3, -0.25) is 0 Å². The van der Waals surface area contributed by atoms with Crippen molar-refractivity contribution in [2.75, 3.05) is 5.73 Å². The number of hydrogen-bond donors (Lipinski definition) is 2. The zero-order chi connectivity index (χ0) is 7.72. The molecule has 0 bridgehead atoms. The molecule has 1 aromatic heterocycles. The molecule has 3 N–H and O–H groups in total. The van der Waals surface area contributed by atoms with Crippen molar-refractivity contribution in [1.82, 2.24) is 4.57 Å². The Hall–Kier alpha value is -1.16. The first kappa shape index (κ1) is 9.84. The maximum atomic E-state index is 10.4. The van der Waals surface area contributed by atoms with Gasteiger partial charge in [0.05, 0.1) is 0 Å². The van der Waals surface area contributed by atoms with Crippen LogP contribution in [0.1, 0.15) is 10.5 Å². The fourth-order valence-electron chi connectivity index (χ4n) is 0.742. The summed E-state index contributed by atoms with van der Waals surface area (Å²) in [5, 5.41) is 8.50. The highest BCUT2D eigenvalue weighted by atomic mass is 35.5. The highest BCUT2D eigenvalue weighted by Gasteiger charge is 2.07. The maximum absolute atomic E-state index is 10.4. The Morgan fingerprint density at radius 2 is 2.18 bits per heavy atom. The van der Waals surface area contributed by atoms with Gasteiger partial charge in [0.25, 0.3) is 0 Å². The molecule has 5 heteroatoms. The van der Waals surface area contributed by atoms with Crippen molar-refractivity contribution in [2.45, 2.75) is 0 Å². The Morgan fingerprint density at radius 1 is 1.64 bits per heavy atom. The molecular formula is C6H9ClN2O2.